The fourth-order valence-electron chi connectivity index (χ4n) is 2.60. The molecule has 0 fully saturated rings. The van der Waals surface area contributed by atoms with Crippen LogP contribution in [0.5, 0.6) is 11.5 Å². The van der Waals surface area contributed by atoms with Gasteiger partial charge in [-0.1, -0.05) is 38.0 Å². The van der Waals surface area contributed by atoms with Crippen LogP contribution in [-0.4, -0.2) is 17.6 Å². The monoisotopic (exact) mass is 361 g/mol. The number of benzene rings is 2. The predicted molar refractivity (Wildman–Crippen MR) is 106 cm³/mol. The Bertz CT molecular complexity index is 843. The minimum atomic E-state index is -0.420. The topological polar surface area (TPSA) is 48.4 Å². The van der Waals surface area contributed by atoms with Crippen LogP contribution < -0.4 is 9.47 Å². The largest absolute Gasteiger partial charge is 0.494 e. The SMILES string of the molecule is CCCCCOc1ccc(-c2ccc(C(=O)Oc3ccccc3)cn2)cc1. The summed E-state index contributed by atoms with van der Waals surface area (Å²) in [4.78, 5) is 16.6. The van der Waals surface area contributed by atoms with Gasteiger partial charge in [-0.15, -0.1) is 0 Å². The number of unbranched alkanes of at least 4 members (excludes halogenated alkanes) is 2. The first-order valence-electron chi connectivity index (χ1n) is 9.23. The molecule has 1 heterocycles. The van der Waals surface area contributed by atoms with Gasteiger partial charge in [-0.2, -0.15) is 0 Å². The van der Waals surface area contributed by atoms with Crippen molar-refractivity contribution in [3.8, 4) is 22.8 Å². The predicted octanol–water partition coefficient (Wildman–Crippen LogP) is 5.54. The smallest absolute Gasteiger partial charge is 0.345 e. The molecule has 0 unspecified atom stereocenters. The van der Waals surface area contributed by atoms with Gasteiger partial charge in [0, 0.05) is 11.8 Å². The molecule has 0 aliphatic heterocycles. The van der Waals surface area contributed by atoms with Crippen molar-refractivity contribution in [3.05, 3.63) is 78.5 Å². The van der Waals surface area contributed by atoms with Gasteiger partial charge < -0.3 is 9.47 Å². The van der Waals surface area contributed by atoms with E-state index in [2.05, 4.69) is 11.9 Å². The van der Waals surface area contributed by atoms with E-state index < -0.39 is 5.97 Å². The number of pyridine rings is 1. The highest BCUT2D eigenvalue weighted by atomic mass is 16.5. The van der Waals surface area contributed by atoms with Gasteiger partial charge in [-0.05, 0) is 55.0 Å². The molecule has 1 aromatic heterocycles. The van der Waals surface area contributed by atoms with Crippen LogP contribution in [0.1, 0.15) is 36.5 Å². The molecular formula is C23H23NO3. The summed E-state index contributed by atoms with van der Waals surface area (Å²) in [7, 11) is 0. The van der Waals surface area contributed by atoms with Crippen molar-refractivity contribution in [3.63, 3.8) is 0 Å². The zero-order valence-electron chi connectivity index (χ0n) is 15.4. The first kappa shape index (κ1) is 18.6. The fourth-order valence-corrected chi connectivity index (χ4v) is 2.60. The Hall–Kier alpha value is -3.14. The number of carbonyl (C=O) groups is 1. The normalized spacial score (nSPS) is 10.4. The third-order valence-corrected chi connectivity index (χ3v) is 4.12. The van der Waals surface area contributed by atoms with Gasteiger partial charge in [-0.25, -0.2) is 4.79 Å². The van der Waals surface area contributed by atoms with Crippen LogP contribution in [0.2, 0.25) is 0 Å². The molecule has 0 bridgehead atoms. The van der Waals surface area contributed by atoms with Crippen LogP contribution in [0.15, 0.2) is 72.9 Å². The minimum Gasteiger partial charge on any atom is -0.494 e. The van der Waals surface area contributed by atoms with Crippen LogP contribution in [0.4, 0.5) is 0 Å². The molecule has 0 atom stereocenters. The van der Waals surface area contributed by atoms with Crippen LogP contribution in [0, 0.1) is 0 Å². The molecule has 27 heavy (non-hydrogen) atoms. The van der Waals surface area contributed by atoms with Crippen LogP contribution >= 0.6 is 0 Å². The Morgan fingerprint density at radius 1 is 0.889 bits per heavy atom. The maximum atomic E-state index is 12.2. The number of nitrogens with zero attached hydrogens (tertiary/aromatic N) is 1. The minimum absolute atomic E-state index is 0.415. The van der Waals surface area contributed by atoms with Crippen molar-refractivity contribution >= 4 is 5.97 Å². The van der Waals surface area contributed by atoms with Crippen LogP contribution in [-0.2, 0) is 0 Å². The highest BCUT2D eigenvalue weighted by Crippen LogP contribution is 2.21. The van der Waals surface area contributed by atoms with Gasteiger partial charge in [0.25, 0.3) is 0 Å². The molecule has 3 rings (SSSR count). The summed E-state index contributed by atoms with van der Waals surface area (Å²) < 4.78 is 11.0. The van der Waals surface area contributed by atoms with E-state index in [1.54, 1.807) is 18.2 Å². The second-order valence-electron chi connectivity index (χ2n) is 6.21. The Kier molecular flexibility index (Phi) is 6.58. The lowest BCUT2D eigenvalue weighted by Gasteiger charge is -2.07. The first-order valence-corrected chi connectivity index (χ1v) is 9.23. The molecule has 4 heteroatoms. The Morgan fingerprint density at radius 3 is 2.33 bits per heavy atom. The van der Waals surface area contributed by atoms with E-state index in [1.165, 1.54) is 19.0 Å². The van der Waals surface area contributed by atoms with Gasteiger partial charge in [-0.3, -0.25) is 4.98 Å². The summed E-state index contributed by atoms with van der Waals surface area (Å²) in [5.74, 6) is 0.954. The molecule has 0 spiro atoms. The standard InChI is InChI=1S/C23H23NO3/c1-2-3-7-16-26-20-13-10-18(11-14-20)22-15-12-19(17-24-22)23(25)27-21-8-5-4-6-9-21/h4-6,8-15,17H,2-3,7,16H2,1H3. The lowest BCUT2D eigenvalue weighted by molar-refractivity contribution is 0.0734. The van der Waals surface area contributed by atoms with Crippen molar-refractivity contribution < 1.29 is 14.3 Å². The van der Waals surface area contributed by atoms with Crippen LogP contribution in [0.25, 0.3) is 11.3 Å². The zero-order chi connectivity index (χ0) is 18.9. The average Bonchev–Trinajstić information content (AvgIpc) is 2.72. The van der Waals surface area contributed by atoms with Gasteiger partial charge in [0.2, 0.25) is 0 Å². The number of para-hydroxylation sites is 1. The maximum absolute atomic E-state index is 12.2. The summed E-state index contributed by atoms with van der Waals surface area (Å²) in [5, 5.41) is 0. The summed E-state index contributed by atoms with van der Waals surface area (Å²) in [6.45, 7) is 2.91. The molecule has 0 saturated heterocycles. The molecule has 0 saturated carbocycles. The van der Waals surface area contributed by atoms with E-state index in [1.807, 2.05) is 48.5 Å². The van der Waals surface area contributed by atoms with Gasteiger partial charge in [0.05, 0.1) is 17.9 Å². The van der Waals surface area contributed by atoms with Crippen molar-refractivity contribution in [2.24, 2.45) is 0 Å². The molecule has 0 radical (unpaired) electrons. The van der Waals surface area contributed by atoms with Gasteiger partial charge >= 0.3 is 5.97 Å². The van der Waals surface area contributed by atoms with E-state index in [0.717, 1.165) is 30.0 Å². The second kappa shape index (κ2) is 9.53. The maximum Gasteiger partial charge on any atom is 0.345 e. The molecule has 0 N–H and O–H groups in total. The third-order valence-electron chi connectivity index (χ3n) is 4.12. The number of carbonyl (C=O) groups excluding carboxylic acids is 1. The van der Waals surface area contributed by atoms with Crippen LogP contribution in [0.3, 0.4) is 0 Å². The van der Waals surface area contributed by atoms with E-state index in [0.29, 0.717) is 11.3 Å². The number of rotatable bonds is 8. The van der Waals surface area contributed by atoms with E-state index in [-0.39, 0.29) is 0 Å². The lowest BCUT2D eigenvalue weighted by atomic mass is 10.1. The third kappa shape index (κ3) is 5.42. The number of ether oxygens (including phenoxy) is 2. The summed E-state index contributed by atoms with van der Waals surface area (Å²) >= 11 is 0. The van der Waals surface area contributed by atoms with Gasteiger partial charge in [0.15, 0.2) is 0 Å². The molecule has 3 aromatic rings. The Balaban J connectivity index is 1.60. The molecule has 0 amide bonds. The number of esters is 1. The van der Waals surface area contributed by atoms with E-state index >= 15 is 0 Å². The van der Waals surface area contributed by atoms with E-state index in [4.69, 9.17) is 9.47 Å². The lowest BCUT2D eigenvalue weighted by Crippen LogP contribution is -2.08. The second-order valence-corrected chi connectivity index (χ2v) is 6.21. The van der Waals surface area contributed by atoms with Crippen molar-refractivity contribution in [1.29, 1.82) is 0 Å². The molecular weight excluding hydrogens is 338 g/mol. The molecule has 138 valence electrons. The van der Waals surface area contributed by atoms with E-state index in [9.17, 15) is 4.79 Å². The quantitative estimate of drug-likeness (QED) is 0.300. The Morgan fingerprint density at radius 2 is 1.67 bits per heavy atom. The molecule has 4 nitrogen and oxygen atoms in total. The summed E-state index contributed by atoms with van der Waals surface area (Å²) in [6.07, 6.45) is 4.97. The average molecular weight is 361 g/mol. The number of hydrogen-bond acceptors (Lipinski definition) is 4. The van der Waals surface area contributed by atoms with Crippen molar-refractivity contribution in [1.82, 2.24) is 4.98 Å². The first-order chi connectivity index (χ1) is 13.3. The number of hydrogen-bond donors (Lipinski definition) is 0. The molecule has 2 aromatic carbocycles. The van der Waals surface area contributed by atoms with Crippen molar-refractivity contribution in [2.75, 3.05) is 6.61 Å². The summed E-state index contributed by atoms with van der Waals surface area (Å²) in [5.41, 5.74) is 2.18. The fraction of sp³-hybridized carbons (Fsp3) is 0.217. The highest BCUT2D eigenvalue weighted by Gasteiger charge is 2.09. The zero-order valence-corrected chi connectivity index (χ0v) is 15.4. The number of aromatic nitrogens is 1. The summed E-state index contributed by atoms with van der Waals surface area (Å²) in [6, 6.07) is 20.4. The Labute approximate surface area is 159 Å². The molecule has 0 aliphatic carbocycles. The molecule has 0 aliphatic rings. The highest BCUT2D eigenvalue weighted by molar-refractivity contribution is 5.91. The van der Waals surface area contributed by atoms with Gasteiger partial charge in [0.1, 0.15) is 11.5 Å². The van der Waals surface area contributed by atoms with Crippen molar-refractivity contribution in [2.45, 2.75) is 26.2 Å².